The summed E-state index contributed by atoms with van der Waals surface area (Å²) in [6.45, 7) is 0. The summed E-state index contributed by atoms with van der Waals surface area (Å²) in [6.07, 6.45) is 8.77. The molecular formula is C12H18BrNO. The van der Waals surface area contributed by atoms with Crippen molar-refractivity contribution in [2.45, 2.75) is 56.7 Å². The van der Waals surface area contributed by atoms with Gasteiger partial charge in [0.05, 0.1) is 23.7 Å². The molecule has 0 aromatic heterocycles. The monoisotopic (exact) mass is 271 g/mol. The highest BCUT2D eigenvalue weighted by Crippen LogP contribution is 2.44. The molecule has 2 aliphatic rings. The zero-order chi connectivity index (χ0) is 10.7. The molecule has 0 N–H and O–H groups in total. The van der Waals surface area contributed by atoms with Crippen LogP contribution in [-0.4, -0.2) is 17.0 Å². The van der Waals surface area contributed by atoms with Crippen LogP contribution < -0.4 is 0 Å². The maximum atomic E-state index is 8.91. The third kappa shape index (κ3) is 2.54. The van der Waals surface area contributed by atoms with Crippen molar-refractivity contribution < 1.29 is 4.74 Å². The van der Waals surface area contributed by atoms with Crippen molar-refractivity contribution in [2.24, 2.45) is 5.92 Å². The molecule has 2 unspecified atom stereocenters. The van der Waals surface area contributed by atoms with Gasteiger partial charge in [0.1, 0.15) is 0 Å². The molecular weight excluding hydrogens is 254 g/mol. The van der Waals surface area contributed by atoms with E-state index in [0.717, 1.165) is 18.2 Å². The molecule has 1 saturated carbocycles. The predicted molar refractivity (Wildman–Crippen MR) is 62.8 cm³/mol. The summed E-state index contributed by atoms with van der Waals surface area (Å²) >= 11 is 3.38. The van der Waals surface area contributed by atoms with Crippen LogP contribution in [0.3, 0.4) is 0 Å². The second-order valence-corrected chi connectivity index (χ2v) is 5.53. The lowest BCUT2D eigenvalue weighted by Gasteiger charge is -2.24. The lowest BCUT2D eigenvalue weighted by molar-refractivity contribution is -0.0412. The Kier molecular flexibility index (Phi) is 3.69. The highest BCUT2D eigenvalue weighted by Gasteiger charge is 2.42. The van der Waals surface area contributed by atoms with Crippen molar-refractivity contribution in [3.8, 4) is 6.07 Å². The Labute approximate surface area is 100 Å². The van der Waals surface area contributed by atoms with E-state index in [9.17, 15) is 0 Å². The van der Waals surface area contributed by atoms with Crippen molar-refractivity contribution in [1.82, 2.24) is 0 Å². The van der Waals surface area contributed by atoms with Gasteiger partial charge in [0.2, 0.25) is 0 Å². The van der Waals surface area contributed by atoms with Gasteiger partial charge in [-0.1, -0.05) is 28.8 Å². The molecule has 0 amide bonds. The summed E-state index contributed by atoms with van der Waals surface area (Å²) in [5.74, 6) is 0.117. The van der Waals surface area contributed by atoms with Crippen LogP contribution in [0.5, 0.6) is 0 Å². The molecule has 0 radical (unpaired) electrons. The minimum atomic E-state index is 0.117. The van der Waals surface area contributed by atoms with Crippen LogP contribution in [0.15, 0.2) is 0 Å². The van der Waals surface area contributed by atoms with Gasteiger partial charge >= 0.3 is 0 Å². The van der Waals surface area contributed by atoms with E-state index in [0.29, 0.717) is 6.10 Å². The fraction of sp³-hybridized carbons (Fsp3) is 0.917. The summed E-state index contributed by atoms with van der Waals surface area (Å²) < 4.78 is 6.17. The van der Waals surface area contributed by atoms with Gasteiger partial charge in [0.25, 0.3) is 0 Å². The van der Waals surface area contributed by atoms with Crippen molar-refractivity contribution in [1.29, 1.82) is 5.26 Å². The molecule has 1 heterocycles. The molecule has 2 nitrogen and oxygen atoms in total. The molecule has 1 aliphatic heterocycles. The Hall–Kier alpha value is -0.0700. The second kappa shape index (κ2) is 4.84. The summed E-state index contributed by atoms with van der Waals surface area (Å²) in [6, 6.07) is 2.33. The Morgan fingerprint density at radius 2 is 2.13 bits per heavy atom. The van der Waals surface area contributed by atoms with Gasteiger partial charge in [-0.05, 0) is 32.1 Å². The highest BCUT2D eigenvalue weighted by atomic mass is 79.9. The van der Waals surface area contributed by atoms with E-state index >= 15 is 0 Å². The number of rotatable bonds is 3. The number of nitriles is 1. The van der Waals surface area contributed by atoms with Crippen molar-refractivity contribution in [3.05, 3.63) is 0 Å². The first-order chi connectivity index (χ1) is 7.28. The van der Waals surface area contributed by atoms with Gasteiger partial charge in [-0.3, -0.25) is 0 Å². The average molecular weight is 272 g/mol. The first-order valence-electron chi connectivity index (χ1n) is 5.91. The summed E-state index contributed by atoms with van der Waals surface area (Å²) in [5.41, 5.74) is 0.219. The summed E-state index contributed by atoms with van der Waals surface area (Å²) in [5, 5.41) is 9.68. The second-order valence-electron chi connectivity index (χ2n) is 4.88. The summed E-state index contributed by atoms with van der Waals surface area (Å²) in [7, 11) is 0. The Morgan fingerprint density at radius 1 is 1.40 bits per heavy atom. The molecule has 0 aromatic carbocycles. The molecule has 3 heteroatoms. The topological polar surface area (TPSA) is 33.0 Å². The van der Waals surface area contributed by atoms with Gasteiger partial charge in [-0.15, -0.1) is 0 Å². The van der Waals surface area contributed by atoms with Gasteiger partial charge in [-0.2, -0.15) is 5.26 Å². The quantitative estimate of drug-likeness (QED) is 0.738. The Bertz CT molecular complexity index is 255. The van der Waals surface area contributed by atoms with Crippen molar-refractivity contribution in [2.75, 3.05) is 5.33 Å². The average Bonchev–Trinajstić information content (AvgIpc) is 2.87. The maximum absolute atomic E-state index is 8.91. The highest BCUT2D eigenvalue weighted by molar-refractivity contribution is 9.09. The smallest absolute Gasteiger partial charge is 0.0687 e. The molecule has 0 aromatic rings. The predicted octanol–water partition coefficient (Wildman–Crippen LogP) is 3.40. The van der Waals surface area contributed by atoms with Crippen LogP contribution in [0, 0.1) is 17.2 Å². The number of ether oxygens (including phenoxy) is 1. The van der Waals surface area contributed by atoms with Gasteiger partial charge < -0.3 is 4.74 Å². The normalized spacial score (nSPS) is 30.5. The van der Waals surface area contributed by atoms with E-state index in [1.807, 2.05) is 0 Å². The van der Waals surface area contributed by atoms with Crippen molar-refractivity contribution >= 4 is 15.9 Å². The van der Waals surface area contributed by atoms with E-state index in [2.05, 4.69) is 22.0 Å². The minimum Gasteiger partial charge on any atom is -0.372 e. The van der Waals surface area contributed by atoms with Crippen LogP contribution in [0.2, 0.25) is 0 Å². The van der Waals surface area contributed by atoms with Crippen LogP contribution in [-0.2, 0) is 4.74 Å². The third-order valence-corrected chi connectivity index (χ3v) is 4.55. The molecule has 1 aliphatic carbocycles. The van der Waals surface area contributed by atoms with E-state index < -0.39 is 0 Å². The number of hydrogen-bond donors (Lipinski definition) is 0. The fourth-order valence-corrected chi connectivity index (χ4v) is 3.33. The summed E-state index contributed by atoms with van der Waals surface area (Å²) in [4.78, 5) is 0. The van der Waals surface area contributed by atoms with Crippen LogP contribution in [0.25, 0.3) is 0 Å². The lowest BCUT2D eigenvalue weighted by atomic mass is 9.97. The molecule has 15 heavy (non-hydrogen) atoms. The van der Waals surface area contributed by atoms with Crippen LogP contribution >= 0.6 is 15.9 Å². The Morgan fingerprint density at radius 3 is 2.73 bits per heavy atom. The van der Waals surface area contributed by atoms with E-state index in [4.69, 9.17) is 10.00 Å². The SMILES string of the molecule is N#CC(CBr)CC1CCC2(CCCC2)O1. The van der Waals surface area contributed by atoms with Crippen molar-refractivity contribution in [3.63, 3.8) is 0 Å². The van der Waals surface area contributed by atoms with Gasteiger partial charge in [0.15, 0.2) is 0 Å². The molecule has 1 saturated heterocycles. The zero-order valence-electron chi connectivity index (χ0n) is 9.04. The van der Waals surface area contributed by atoms with Crippen LogP contribution in [0.4, 0.5) is 0 Å². The molecule has 2 fully saturated rings. The maximum Gasteiger partial charge on any atom is 0.0687 e. The number of nitrogens with zero attached hydrogens (tertiary/aromatic N) is 1. The zero-order valence-corrected chi connectivity index (χ0v) is 10.6. The van der Waals surface area contributed by atoms with Crippen LogP contribution in [0.1, 0.15) is 44.9 Å². The first kappa shape index (κ1) is 11.4. The third-order valence-electron chi connectivity index (χ3n) is 3.77. The van der Waals surface area contributed by atoms with E-state index in [-0.39, 0.29) is 11.5 Å². The largest absolute Gasteiger partial charge is 0.372 e. The standard InChI is InChI=1S/C12H18BrNO/c13-8-10(9-14)7-11-3-6-12(15-11)4-1-2-5-12/h10-11H,1-8H2. The number of hydrogen-bond acceptors (Lipinski definition) is 2. The molecule has 84 valence electrons. The van der Waals surface area contributed by atoms with E-state index in [1.54, 1.807) is 0 Å². The molecule has 2 atom stereocenters. The minimum absolute atomic E-state index is 0.117. The molecule has 0 bridgehead atoms. The molecule has 2 rings (SSSR count). The molecule has 1 spiro atoms. The lowest BCUT2D eigenvalue weighted by Crippen LogP contribution is -2.25. The van der Waals surface area contributed by atoms with Gasteiger partial charge in [0, 0.05) is 5.33 Å². The Balaban J connectivity index is 1.85. The fourth-order valence-electron chi connectivity index (χ4n) is 2.92. The van der Waals surface area contributed by atoms with E-state index in [1.165, 1.54) is 32.1 Å². The number of alkyl halides is 1. The first-order valence-corrected chi connectivity index (χ1v) is 7.03. The number of halogens is 1. The van der Waals surface area contributed by atoms with Gasteiger partial charge in [-0.25, -0.2) is 0 Å².